The lowest BCUT2D eigenvalue weighted by atomic mass is 9.73. The van der Waals surface area contributed by atoms with Crippen molar-refractivity contribution in [3.05, 3.63) is 76.9 Å². The number of sulfone groups is 1. The third-order valence-electron chi connectivity index (χ3n) is 7.61. The van der Waals surface area contributed by atoms with Gasteiger partial charge in [-0.25, -0.2) is 8.42 Å². The molecule has 5 heteroatoms. The van der Waals surface area contributed by atoms with Gasteiger partial charge in [0.05, 0.1) is 17.0 Å². The van der Waals surface area contributed by atoms with Gasteiger partial charge in [-0.3, -0.25) is 9.69 Å². The molecule has 0 saturated carbocycles. The van der Waals surface area contributed by atoms with Gasteiger partial charge >= 0.3 is 0 Å². The first-order chi connectivity index (χ1) is 14.0. The van der Waals surface area contributed by atoms with Crippen molar-refractivity contribution in [3.63, 3.8) is 0 Å². The van der Waals surface area contributed by atoms with Gasteiger partial charge < -0.3 is 0 Å². The minimum atomic E-state index is -3.85. The first-order valence-corrected chi connectivity index (χ1v) is 11.9. The van der Waals surface area contributed by atoms with Crippen LogP contribution in [-0.2, 0) is 14.6 Å². The molecule has 29 heavy (non-hydrogen) atoms. The van der Waals surface area contributed by atoms with Gasteiger partial charge in [0.25, 0.3) is 0 Å². The molecule has 0 N–H and O–H groups in total. The molecule has 2 aromatic carbocycles. The van der Waals surface area contributed by atoms with Crippen molar-refractivity contribution in [1.82, 2.24) is 4.90 Å². The predicted molar refractivity (Wildman–Crippen MR) is 110 cm³/mol. The summed E-state index contributed by atoms with van der Waals surface area (Å²) in [5.74, 6) is -0.125. The zero-order valence-corrected chi connectivity index (χ0v) is 17.2. The topological polar surface area (TPSA) is 54.5 Å². The number of allylic oxidation sites excluding steroid dienone is 1. The number of carbonyl (C=O) groups is 1. The van der Waals surface area contributed by atoms with E-state index >= 15 is 0 Å². The summed E-state index contributed by atoms with van der Waals surface area (Å²) in [5, 5.41) is 0. The third kappa shape index (κ3) is 1.93. The average molecular weight is 406 g/mol. The minimum absolute atomic E-state index is 0.125. The molecule has 2 aromatic rings. The van der Waals surface area contributed by atoms with Crippen LogP contribution in [0.3, 0.4) is 0 Å². The second-order valence-electron chi connectivity index (χ2n) is 8.84. The van der Waals surface area contributed by atoms with Gasteiger partial charge in [-0.05, 0) is 55.9 Å². The Morgan fingerprint density at radius 3 is 2.45 bits per heavy atom. The van der Waals surface area contributed by atoms with E-state index in [9.17, 15) is 13.2 Å². The predicted octanol–water partition coefficient (Wildman–Crippen LogP) is 4.15. The summed E-state index contributed by atoms with van der Waals surface area (Å²) in [6, 6.07) is 15.9. The van der Waals surface area contributed by atoms with Crippen LogP contribution in [-0.4, -0.2) is 29.9 Å². The van der Waals surface area contributed by atoms with E-state index in [1.165, 1.54) is 11.1 Å². The van der Waals surface area contributed by atoms with Crippen LogP contribution in [0.1, 0.15) is 55.8 Å². The average Bonchev–Trinajstić information content (AvgIpc) is 3.18. The van der Waals surface area contributed by atoms with E-state index in [-0.39, 0.29) is 22.8 Å². The fourth-order valence-corrected chi connectivity index (χ4v) is 8.60. The number of benzene rings is 2. The van der Waals surface area contributed by atoms with Crippen LogP contribution in [0.4, 0.5) is 0 Å². The number of hydrogen-bond acceptors (Lipinski definition) is 4. The molecule has 1 aliphatic carbocycles. The molecule has 4 nitrogen and oxygen atoms in total. The van der Waals surface area contributed by atoms with Crippen molar-refractivity contribution in [1.29, 1.82) is 0 Å². The Hall–Kier alpha value is -2.24. The molecule has 148 valence electrons. The summed E-state index contributed by atoms with van der Waals surface area (Å²) < 4.78 is 26.8. The Kier molecular flexibility index (Phi) is 3.44. The molecule has 0 radical (unpaired) electrons. The number of carbonyl (C=O) groups excluding carboxylic acids is 1. The zero-order valence-electron chi connectivity index (χ0n) is 16.3. The number of rotatable bonds is 2. The molecular formula is C24H23NO3S. The van der Waals surface area contributed by atoms with Crippen LogP contribution in [0, 0.1) is 0 Å². The van der Waals surface area contributed by atoms with Crippen molar-refractivity contribution >= 4 is 15.6 Å². The summed E-state index contributed by atoms with van der Waals surface area (Å²) in [6.45, 7) is 2.12. The molecule has 4 aliphatic rings. The Morgan fingerprint density at radius 2 is 1.69 bits per heavy atom. The van der Waals surface area contributed by atoms with Gasteiger partial charge in [0.1, 0.15) is 0 Å². The highest BCUT2D eigenvalue weighted by Gasteiger charge is 2.74. The second kappa shape index (κ2) is 5.67. The maximum Gasteiger partial charge on any atom is 0.193 e. The Labute approximate surface area is 171 Å². The molecule has 3 aliphatic heterocycles. The van der Waals surface area contributed by atoms with Gasteiger partial charge in [-0.2, -0.15) is 0 Å². The lowest BCUT2D eigenvalue weighted by Crippen LogP contribution is -2.55. The summed E-state index contributed by atoms with van der Waals surface area (Å²) in [6.07, 6.45) is 3.44. The first-order valence-electron chi connectivity index (χ1n) is 10.4. The van der Waals surface area contributed by atoms with Crippen LogP contribution in [0.25, 0.3) is 0 Å². The van der Waals surface area contributed by atoms with E-state index in [1.807, 2.05) is 30.3 Å². The highest BCUT2D eigenvalue weighted by atomic mass is 32.2. The van der Waals surface area contributed by atoms with Gasteiger partial charge in [-0.1, -0.05) is 53.6 Å². The highest BCUT2D eigenvalue weighted by Crippen LogP contribution is 2.66. The van der Waals surface area contributed by atoms with Crippen LogP contribution >= 0.6 is 0 Å². The van der Waals surface area contributed by atoms with E-state index in [0.29, 0.717) is 6.42 Å². The number of ketones is 1. The third-order valence-corrected chi connectivity index (χ3v) is 10.0. The van der Waals surface area contributed by atoms with Crippen LogP contribution in [0.2, 0.25) is 0 Å². The van der Waals surface area contributed by atoms with Crippen molar-refractivity contribution in [3.8, 4) is 0 Å². The largest absolute Gasteiger partial charge is 0.296 e. The normalized spacial score (nSPS) is 34.9. The lowest BCUT2D eigenvalue weighted by molar-refractivity contribution is -0.121. The lowest BCUT2D eigenvalue weighted by Gasteiger charge is -2.47. The Bertz CT molecular complexity index is 1180. The van der Waals surface area contributed by atoms with E-state index in [2.05, 4.69) is 11.8 Å². The summed E-state index contributed by atoms with van der Waals surface area (Å²) in [4.78, 5) is 16.5. The smallest absolute Gasteiger partial charge is 0.193 e. The van der Waals surface area contributed by atoms with Gasteiger partial charge in [0, 0.05) is 6.04 Å². The molecule has 4 bridgehead atoms. The van der Waals surface area contributed by atoms with E-state index < -0.39 is 20.6 Å². The molecule has 3 heterocycles. The van der Waals surface area contributed by atoms with E-state index in [1.54, 1.807) is 24.3 Å². The van der Waals surface area contributed by atoms with Crippen molar-refractivity contribution in [2.75, 3.05) is 0 Å². The maximum atomic E-state index is 14.1. The Balaban J connectivity index is 1.67. The SMILES string of the molecule is CC1=C2CC3(S(=O)(=O)c4ccccc4)C(=O)C4c5ccccc5C3N4[C@@H]2CCC1. The summed E-state index contributed by atoms with van der Waals surface area (Å²) in [7, 11) is -3.85. The molecular weight excluding hydrogens is 382 g/mol. The molecule has 0 aromatic heterocycles. The quantitative estimate of drug-likeness (QED) is 0.705. The van der Waals surface area contributed by atoms with Gasteiger partial charge in [-0.15, -0.1) is 0 Å². The van der Waals surface area contributed by atoms with Gasteiger partial charge in [0.15, 0.2) is 20.4 Å². The monoisotopic (exact) mass is 405 g/mol. The standard InChI is InChI=1S/C24H23NO3S/c1-15-8-7-13-20-19(15)14-24(29(27,28)16-9-3-2-4-10-16)22-18-12-6-5-11-17(18)21(23(24)26)25(20)22/h2-6,9-12,20-22H,7-8,13-14H2,1H3/t20-,21?,22?,24?/m1/s1. The van der Waals surface area contributed by atoms with Crippen molar-refractivity contribution in [2.24, 2.45) is 0 Å². The van der Waals surface area contributed by atoms with E-state index in [0.717, 1.165) is 30.4 Å². The number of fused-ring (bicyclic) bond motifs is 3. The fourth-order valence-electron chi connectivity index (χ4n) is 6.40. The minimum Gasteiger partial charge on any atom is -0.296 e. The Morgan fingerprint density at radius 1 is 1.00 bits per heavy atom. The van der Waals surface area contributed by atoms with Crippen molar-refractivity contribution < 1.29 is 13.2 Å². The molecule has 0 spiro atoms. The molecule has 2 saturated heterocycles. The van der Waals surface area contributed by atoms with Crippen LogP contribution < -0.4 is 0 Å². The molecule has 5 atom stereocenters. The highest BCUT2D eigenvalue weighted by molar-refractivity contribution is 7.93. The number of nitrogens with zero attached hydrogens (tertiary/aromatic N) is 1. The fraction of sp³-hybridized carbons (Fsp3) is 0.375. The van der Waals surface area contributed by atoms with Crippen LogP contribution in [0.5, 0.6) is 0 Å². The number of Topliss-reactive ketones (excluding diaryl/α,β-unsaturated/α-hetero) is 1. The van der Waals surface area contributed by atoms with Gasteiger partial charge in [0.2, 0.25) is 0 Å². The molecule has 6 rings (SSSR count). The van der Waals surface area contributed by atoms with Crippen molar-refractivity contribution in [2.45, 2.75) is 60.4 Å². The molecule has 4 unspecified atom stereocenters. The second-order valence-corrected chi connectivity index (χ2v) is 11.0. The summed E-state index contributed by atoms with van der Waals surface area (Å²) in [5.41, 5.74) is 4.50. The van der Waals surface area contributed by atoms with Crippen LogP contribution in [0.15, 0.2) is 70.6 Å². The maximum absolute atomic E-state index is 14.1. The first kappa shape index (κ1) is 17.6. The molecule has 0 amide bonds. The number of piperidine rings is 1. The van der Waals surface area contributed by atoms with E-state index in [4.69, 9.17) is 0 Å². The number of hydrogen-bond donors (Lipinski definition) is 0. The zero-order chi connectivity index (χ0) is 20.0. The molecule has 2 fully saturated rings. The summed E-state index contributed by atoms with van der Waals surface area (Å²) >= 11 is 0.